The predicted octanol–water partition coefficient (Wildman–Crippen LogP) is 6.33. The summed E-state index contributed by atoms with van der Waals surface area (Å²) in [4.78, 5) is 28.2. The van der Waals surface area contributed by atoms with Crippen molar-refractivity contribution >= 4 is 12.0 Å². The monoisotopic (exact) mass is 563 g/mol. The molecule has 218 valence electrons. The summed E-state index contributed by atoms with van der Waals surface area (Å²) in [5.74, 6) is 0.878. The zero-order valence-corrected chi connectivity index (χ0v) is 24.0. The van der Waals surface area contributed by atoms with E-state index in [1.54, 1.807) is 31.2 Å². The smallest absolute Gasteiger partial charge is 0.407 e. The number of hydrogen-bond donors (Lipinski definition) is 1. The standard InChI is InChI=1S/C24H29FN2O.C9H10FNO2/c1-18(28)26(2)24(21-6-4-3-5-7-21)12-14-27(15-13-24)17-20-16-23(20)19-8-10-22(25)11-9-19;1-11(9(12)13)6-7-2-4-8(10)5-3-7/h3-11,20,23H,12-17H2,1-2H3;2-5H,6H2,1H3,(H,12,13)/t20-,23+;/m0./s1. The third-order valence-corrected chi connectivity index (χ3v) is 8.48. The quantitative estimate of drug-likeness (QED) is 0.365. The van der Waals surface area contributed by atoms with Gasteiger partial charge in [-0.2, -0.15) is 0 Å². The van der Waals surface area contributed by atoms with Gasteiger partial charge < -0.3 is 19.8 Å². The lowest BCUT2D eigenvalue weighted by Gasteiger charge is -2.47. The number of carboxylic acid groups (broad SMARTS) is 1. The Morgan fingerprint density at radius 3 is 2.00 bits per heavy atom. The summed E-state index contributed by atoms with van der Waals surface area (Å²) in [5, 5.41) is 8.55. The first-order chi connectivity index (χ1) is 19.6. The van der Waals surface area contributed by atoms with E-state index in [2.05, 4.69) is 29.2 Å². The zero-order valence-electron chi connectivity index (χ0n) is 24.0. The molecule has 0 unspecified atom stereocenters. The molecule has 1 saturated heterocycles. The van der Waals surface area contributed by atoms with Crippen LogP contribution in [0.15, 0.2) is 78.9 Å². The van der Waals surface area contributed by atoms with E-state index >= 15 is 0 Å². The maximum Gasteiger partial charge on any atom is 0.407 e. The summed E-state index contributed by atoms with van der Waals surface area (Å²) in [5.41, 5.74) is 3.07. The predicted molar refractivity (Wildman–Crippen MR) is 155 cm³/mol. The molecule has 1 heterocycles. The van der Waals surface area contributed by atoms with Gasteiger partial charge in [-0.1, -0.05) is 54.6 Å². The number of likely N-dealkylation sites (tertiary alicyclic amines) is 1. The molecule has 1 aliphatic carbocycles. The minimum absolute atomic E-state index is 0.121. The molecular formula is C33H39F2N3O3. The fraction of sp³-hybridized carbons (Fsp3) is 0.394. The van der Waals surface area contributed by atoms with E-state index in [9.17, 15) is 18.4 Å². The van der Waals surface area contributed by atoms with Crippen LogP contribution in [0.25, 0.3) is 0 Å². The maximum atomic E-state index is 13.1. The summed E-state index contributed by atoms with van der Waals surface area (Å²) in [6.45, 7) is 5.03. The molecule has 0 bridgehead atoms. The van der Waals surface area contributed by atoms with Crippen molar-refractivity contribution < 1.29 is 23.5 Å². The summed E-state index contributed by atoms with van der Waals surface area (Å²) in [6, 6.07) is 23.2. The second-order valence-corrected chi connectivity index (χ2v) is 11.2. The third kappa shape index (κ3) is 7.70. The molecule has 0 aromatic heterocycles. The van der Waals surface area contributed by atoms with Gasteiger partial charge in [0, 0.05) is 47.2 Å². The lowest BCUT2D eigenvalue weighted by atomic mass is 9.79. The highest BCUT2D eigenvalue weighted by Crippen LogP contribution is 2.48. The van der Waals surface area contributed by atoms with Crippen molar-refractivity contribution in [1.29, 1.82) is 0 Å². The van der Waals surface area contributed by atoms with Crippen molar-refractivity contribution in [3.8, 4) is 0 Å². The first-order valence-electron chi connectivity index (χ1n) is 14.1. The molecule has 41 heavy (non-hydrogen) atoms. The Balaban J connectivity index is 0.000000251. The van der Waals surface area contributed by atoms with Crippen molar-refractivity contribution in [1.82, 2.24) is 14.7 Å². The van der Waals surface area contributed by atoms with Crippen LogP contribution in [0, 0.1) is 17.6 Å². The first kappa shape index (κ1) is 30.2. The Bertz CT molecular complexity index is 1290. The molecule has 0 spiro atoms. The third-order valence-electron chi connectivity index (χ3n) is 8.48. The highest BCUT2D eigenvalue weighted by atomic mass is 19.1. The van der Waals surface area contributed by atoms with Crippen LogP contribution in [0.5, 0.6) is 0 Å². The summed E-state index contributed by atoms with van der Waals surface area (Å²) >= 11 is 0. The Morgan fingerprint density at radius 2 is 1.46 bits per heavy atom. The number of rotatable bonds is 7. The van der Waals surface area contributed by atoms with Gasteiger partial charge in [0.25, 0.3) is 0 Å². The molecule has 2 aliphatic rings. The molecule has 3 aromatic carbocycles. The van der Waals surface area contributed by atoms with E-state index in [1.807, 2.05) is 30.1 Å². The summed E-state index contributed by atoms with van der Waals surface area (Å²) < 4.78 is 25.6. The number of benzene rings is 3. The topological polar surface area (TPSA) is 64.1 Å². The number of halogens is 2. The molecule has 3 aromatic rings. The molecule has 1 N–H and O–H groups in total. The molecule has 1 saturated carbocycles. The van der Waals surface area contributed by atoms with Gasteiger partial charge in [-0.05, 0) is 72.1 Å². The number of hydrogen-bond acceptors (Lipinski definition) is 3. The van der Waals surface area contributed by atoms with Crippen molar-refractivity contribution in [2.75, 3.05) is 33.7 Å². The van der Waals surface area contributed by atoms with Gasteiger partial charge in [0.1, 0.15) is 11.6 Å². The molecule has 0 radical (unpaired) electrons. The molecule has 6 nitrogen and oxygen atoms in total. The Morgan fingerprint density at radius 1 is 0.902 bits per heavy atom. The number of carbonyl (C=O) groups is 2. The van der Waals surface area contributed by atoms with E-state index in [0.29, 0.717) is 11.8 Å². The number of piperidine rings is 1. The minimum atomic E-state index is -0.996. The van der Waals surface area contributed by atoms with Gasteiger partial charge in [-0.3, -0.25) is 4.79 Å². The Kier molecular flexibility index (Phi) is 9.76. The van der Waals surface area contributed by atoms with Crippen molar-refractivity contribution in [3.63, 3.8) is 0 Å². The van der Waals surface area contributed by atoms with Crippen LogP contribution in [0.4, 0.5) is 13.6 Å². The SMILES string of the molecule is CC(=O)N(C)C1(c2ccccc2)CCN(C[C@@H]2C[C@@H]2c2ccc(F)cc2)CC1.CN(Cc1ccc(F)cc1)C(=O)O. The number of nitrogens with zero attached hydrogens (tertiary/aromatic N) is 3. The molecular weight excluding hydrogens is 524 g/mol. The molecule has 8 heteroatoms. The van der Waals surface area contributed by atoms with E-state index in [-0.39, 0.29) is 29.6 Å². The molecule has 5 rings (SSSR count). The average Bonchev–Trinajstić information content (AvgIpc) is 3.74. The maximum absolute atomic E-state index is 13.1. The van der Waals surface area contributed by atoms with E-state index in [1.165, 1.54) is 36.7 Å². The van der Waals surface area contributed by atoms with Gasteiger partial charge in [-0.25, -0.2) is 13.6 Å². The lowest BCUT2D eigenvalue weighted by molar-refractivity contribution is -0.136. The van der Waals surface area contributed by atoms with Crippen LogP contribution >= 0.6 is 0 Å². The van der Waals surface area contributed by atoms with Gasteiger partial charge in [-0.15, -0.1) is 0 Å². The highest BCUT2D eigenvalue weighted by Gasteiger charge is 2.44. The van der Waals surface area contributed by atoms with Crippen LogP contribution in [-0.4, -0.2) is 65.5 Å². The van der Waals surface area contributed by atoms with Gasteiger partial charge in [0.05, 0.1) is 5.54 Å². The number of carbonyl (C=O) groups excluding carboxylic acids is 1. The van der Waals surface area contributed by atoms with Crippen molar-refractivity contribution in [2.45, 2.75) is 44.2 Å². The second kappa shape index (κ2) is 13.3. The van der Waals surface area contributed by atoms with Crippen LogP contribution in [-0.2, 0) is 16.9 Å². The van der Waals surface area contributed by atoms with Crippen LogP contribution < -0.4 is 0 Å². The van der Waals surface area contributed by atoms with Crippen LogP contribution in [0.3, 0.4) is 0 Å². The highest BCUT2D eigenvalue weighted by molar-refractivity contribution is 5.74. The van der Waals surface area contributed by atoms with Gasteiger partial charge >= 0.3 is 6.09 Å². The minimum Gasteiger partial charge on any atom is -0.465 e. The van der Waals surface area contributed by atoms with Crippen molar-refractivity contribution in [2.24, 2.45) is 5.92 Å². The fourth-order valence-corrected chi connectivity index (χ4v) is 5.80. The summed E-state index contributed by atoms with van der Waals surface area (Å²) in [6.07, 6.45) is 2.12. The summed E-state index contributed by atoms with van der Waals surface area (Å²) in [7, 11) is 3.40. The van der Waals surface area contributed by atoms with E-state index in [0.717, 1.165) is 42.9 Å². The van der Waals surface area contributed by atoms with Gasteiger partial charge in [0.15, 0.2) is 0 Å². The Labute approximate surface area is 241 Å². The number of amides is 2. The molecule has 2 fully saturated rings. The normalized spacial score (nSPS) is 19.4. The fourth-order valence-electron chi connectivity index (χ4n) is 5.80. The van der Waals surface area contributed by atoms with Gasteiger partial charge in [0.2, 0.25) is 5.91 Å². The zero-order chi connectivity index (χ0) is 29.6. The second-order valence-electron chi connectivity index (χ2n) is 11.2. The van der Waals surface area contributed by atoms with Crippen molar-refractivity contribution in [3.05, 3.63) is 107 Å². The van der Waals surface area contributed by atoms with Crippen LogP contribution in [0.2, 0.25) is 0 Å². The average molecular weight is 564 g/mol. The van der Waals surface area contributed by atoms with E-state index in [4.69, 9.17) is 5.11 Å². The molecule has 2 amide bonds. The molecule has 2 atom stereocenters. The van der Waals surface area contributed by atoms with E-state index < -0.39 is 6.09 Å². The Hall–Kier alpha value is -3.78. The lowest BCUT2D eigenvalue weighted by Crippen LogP contribution is -2.53. The molecule has 1 aliphatic heterocycles. The first-order valence-corrected chi connectivity index (χ1v) is 14.1. The largest absolute Gasteiger partial charge is 0.465 e. The van der Waals surface area contributed by atoms with Crippen LogP contribution in [0.1, 0.15) is 48.8 Å².